The molecule has 1 aromatic carbocycles. The van der Waals surface area contributed by atoms with Crippen LogP contribution in [0, 0.1) is 12.8 Å². The van der Waals surface area contributed by atoms with Gasteiger partial charge in [-0.3, -0.25) is 0 Å². The van der Waals surface area contributed by atoms with Gasteiger partial charge < -0.3 is 5.32 Å². The summed E-state index contributed by atoms with van der Waals surface area (Å²) in [7, 11) is 0. The molecule has 0 atom stereocenters. The Hall–Kier alpha value is -0.530. The van der Waals surface area contributed by atoms with Gasteiger partial charge in [0.1, 0.15) is 0 Å². The third-order valence-electron chi connectivity index (χ3n) is 3.21. The zero-order chi connectivity index (χ0) is 10.7. The Morgan fingerprint density at radius 2 is 2.20 bits per heavy atom. The lowest BCUT2D eigenvalue weighted by molar-refractivity contribution is 0.301. The number of hydrogen-bond donors (Lipinski definition) is 1. The quantitative estimate of drug-likeness (QED) is 0.824. The molecule has 0 unspecified atom stereocenters. The number of aryl methyl sites for hydroxylation is 1. The van der Waals surface area contributed by atoms with E-state index in [0.29, 0.717) is 0 Å². The topological polar surface area (TPSA) is 12.0 Å². The average Bonchev–Trinajstić information content (AvgIpc) is 2.15. The Morgan fingerprint density at radius 1 is 1.40 bits per heavy atom. The molecule has 82 valence electrons. The van der Waals surface area contributed by atoms with Gasteiger partial charge in [0, 0.05) is 11.6 Å². The predicted octanol–water partition coefficient (Wildman–Crippen LogP) is 3.54. The highest BCUT2D eigenvalue weighted by Crippen LogP contribution is 2.25. The Balaban J connectivity index is 1.79. The van der Waals surface area contributed by atoms with E-state index in [-0.39, 0.29) is 0 Å². The van der Waals surface area contributed by atoms with Gasteiger partial charge in [-0.05, 0) is 49.4 Å². The Labute approximate surface area is 96.8 Å². The van der Waals surface area contributed by atoms with Crippen LogP contribution in [0.2, 0.25) is 5.02 Å². The summed E-state index contributed by atoms with van der Waals surface area (Å²) in [6.45, 7) is 4.19. The molecule has 0 aliphatic heterocycles. The van der Waals surface area contributed by atoms with Crippen LogP contribution in [-0.4, -0.2) is 6.54 Å². The lowest BCUT2D eigenvalue weighted by atomic mass is 9.85. The molecular formula is C13H18ClN. The van der Waals surface area contributed by atoms with Gasteiger partial charge in [0.15, 0.2) is 0 Å². The van der Waals surface area contributed by atoms with Gasteiger partial charge in [-0.2, -0.15) is 0 Å². The van der Waals surface area contributed by atoms with E-state index in [2.05, 4.69) is 24.4 Å². The summed E-state index contributed by atoms with van der Waals surface area (Å²) in [6, 6.07) is 6.25. The highest BCUT2D eigenvalue weighted by atomic mass is 35.5. The minimum Gasteiger partial charge on any atom is -0.312 e. The molecule has 1 aromatic rings. The minimum atomic E-state index is 0.859. The van der Waals surface area contributed by atoms with Crippen molar-refractivity contribution in [2.75, 3.05) is 6.54 Å². The fourth-order valence-corrected chi connectivity index (χ4v) is 2.05. The molecule has 0 radical (unpaired) electrons. The van der Waals surface area contributed by atoms with Crippen molar-refractivity contribution >= 4 is 11.6 Å². The molecule has 1 saturated carbocycles. The molecule has 2 heteroatoms. The van der Waals surface area contributed by atoms with Crippen molar-refractivity contribution in [2.45, 2.75) is 32.7 Å². The molecule has 2 rings (SSSR count). The Bertz CT molecular complexity index is 331. The largest absolute Gasteiger partial charge is 0.312 e. The molecular weight excluding hydrogens is 206 g/mol. The molecule has 1 N–H and O–H groups in total. The molecule has 1 nitrogen and oxygen atoms in total. The summed E-state index contributed by atoms with van der Waals surface area (Å²) in [6.07, 6.45) is 4.24. The van der Waals surface area contributed by atoms with Crippen molar-refractivity contribution in [2.24, 2.45) is 5.92 Å². The SMILES string of the molecule is Cc1cc(CNCC2CCC2)ccc1Cl. The van der Waals surface area contributed by atoms with Gasteiger partial charge in [-0.1, -0.05) is 30.2 Å². The molecule has 1 fully saturated rings. The predicted molar refractivity (Wildman–Crippen MR) is 65.2 cm³/mol. The molecule has 0 aromatic heterocycles. The van der Waals surface area contributed by atoms with Crippen molar-refractivity contribution in [3.8, 4) is 0 Å². The molecule has 0 heterocycles. The Kier molecular flexibility index (Phi) is 3.66. The van der Waals surface area contributed by atoms with Crippen LogP contribution in [-0.2, 0) is 6.54 Å². The van der Waals surface area contributed by atoms with E-state index in [1.807, 2.05) is 6.07 Å². The summed E-state index contributed by atoms with van der Waals surface area (Å²) in [4.78, 5) is 0. The second-order valence-electron chi connectivity index (χ2n) is 4.51. The van der Waals surface area contributed by atoms with Crippen LogP contribution >= 0.6 is 11.6 Å². The van der Waals surface area contributed by atoms with E-state index in [9.17, 15) is 0 Å². The van der Waals surface area contributed by atoms with E-state index in [0.717, 1.165) is 17.5 Å². The smallest absolute Gasteiger partial charge is 0.0435 e. The number of hydrogen-bond acceptors (Lipinski definition) is 1. The lowest BCUT2D eigenvalue weighted by Gasteiger charge is -2.25. The van der Waals surface area contributed by atoms with Crippen LogP contribution in [0.1, 0.15) is 30.4 Å². The van der Waals surface area contributed by atoms with Crippen molar-refractivity contribution in [1.82, 2.24) is 5.32 Å². The number of halogens is 1. The first-order chi connectivity index (χ1) is 7.25. The first-order valence-electron chi connectivity index (χ1n) is 5.71. The summed E-state index contributed by atoms with van der Waals surface area (Å²) >= 11 is 5.98. The van der Waals surface area contributed by atoms with E-state index in [4.69, 9.17) is 11.6 Å². The zero-order valence-corrected chi connectivity index (χ0v) is 9.98. The molecule has 0 spiro atoms. The second-order valence-corrected chi connectivity index (χ2v) is 4.92. The minimum absolute atomic E-state index is 0.859. The van der Waals surface area contributed by atoms with Gasteiger partial charge >= 0.3 is 0 Å². The average molecular weight is 224 g/mol. The number of benzene rings is 1. The molecule has 0 saturated heterocycles. The van der Waals surface area contributed by atoms with Gasteiger partial charge in [-0.25, -0.2) is 0 Å². The maximum atomic E-state index is 5.98. The third kappa shape index (κ3) is 2.96. The van der Waals surface area contributed by atoms with E-state index < -0.39 is 0 Å². The highest BCUT2D eigenvalue weighted by Gasteiger charge is 2.16. The van der Waals surface area contributed by atoms with E-state index >= 15 is 0 Å². The normalized spacial score (nSPS) is 16.4. The number of nitrogens with one attached hydrogen (secondary N) is 1. The van der Waals surface area contributed by atoms with Crippen LogP contribution in [0.3, 0.4) is 0 Å². The standard InChI is InChI=1S/C13H18ClN/c1-10-7-12(5-6-13(10)14)9-15-8-11-3-2-4-11/h5-7,11,15H,2-4,8-9H2,1H3. The number of rotatable bonds is 4. The van der Waals surface area contributed by atoms with Crippen LogP contribution in [0.25, 0.3) is 0 Å². The third-order valence-corrected chi connectivity index (χ3v) is 3.63. The van der Waals surface area contributed by atoms with Gasteiger partial charge in [0.05, 0.1) is 0 Å². The molecule has 15 heavy (non-hydrogen) atoms. The summed E-state index contributed by atoms with van der Waals surface area (Å²) in [5.41, 5.74) is 2.50. The van der Waals surface area contributed by atoms with E-state index in [1.54, 1.807) is 0 Å². The van der Waals surface area contributed by atoms with Crippen LogP contribution in [0.4, 0.5) is 0 Å². The fraction of sp³-hybridized carbons (Fsp3) is 0.538. The first-order valence-corrected chi connectivity index (χ1v) is 6.09. The fourth-order valence-electron chi connectivity index (χ4n) is 1.93. The lowest BCUT2D eigenvalue weighted by Crippen LogP contribution is -2.26. The van der Waals surface area contributed by atoms with Gasteiger partial charge in [0.2, 0.25) is 0 Å². The molecule has 0 amide bonds. The van der Waals surface area contributed by atoms with Gasteiger partial charge in [0.25, 0.3) is 0 Å². The first kappa shape index (κ1) is 11.0. The summed E-state index contributed by atoms with van der Waals surface area (Å²) in [5.74, 6) is 0.929. The van der Waals surface area contributed by atoms with Gasteiger partial charge in [-0.15, -0.1) is 0 Å². The van der Waals surface area contributed by atoms with Crippen molar-refractivity contribution in [1.29, 1.82) is 0 Å². The monoisotopic (exact) mass is 223 g/mol. The van der Waals surface area contributed by atoms with Crippen molar-refractivity contribution in [3.05, 3.63) is 34.3 Å². The van der Waals surface area contributed by atoms with Crippen LogP contribution < -0.4 is 5.32 Å². The van der Waals surface area contributed by atoms with Crippen LogP contribution in [0.5, 0.6) is 0 Å². The summed E-state index contributed by atoms with van der Waals surface area (Å²) < 4.78 is 0. The maximum Gasteiger partial charge on any atom is 0.0435 e. The Morgan fingerprint density at radius 3 is 2.80 bits per heavy atom. The molecule has 1 aliphatic carbocycles. The van der Waals surface area contributed by atoms with Crippen molar-refractivity contribution < 1.29 is 0 Å². The molecule has 1 aliphatic rings. The zero-order valence-electron chi connectivity index (χ0n) is 9.22. The molecule has 0 bridgehead atoms. The van der Waals surface area contributed by atoms with Crippen molar-refractivity contribution in [3.63, 3.8) is 0 Å². The maximum absolute atomic E-state index is 5.98. The second kappa shape index (κ2) is 5.00. The van der Waals surface area contributed by atoms with E-state index in [1.165, 1.54) is 36.9 Å². The summed E-state index contributed by atoms with van der Waals surface area (Å²) in [5, 5.41) is 4.37. The highest BCUT2D eigenvalue weighted by molar-refractivity contribution is 6.31. The van der Waals surface area contributed by atoms with Crippen LogP contribution in [0.15, 0.2) is 18.2 Å².